The number of sulfonamides is 1. The largest absolute Gasteiger partial charge is 0.316 e. The van der Waals surface area contributed by atoms with Crippen molar-refractivity contribution in [2.24, 2.45) is 0 Å². The fraction of sp³-hybridized carbons (Fsp3) is 0.500. The molecule has 0 aliphatic rings. The maximum atomic E-state index is 12.1. The third-order valence-corrected chi connectivity index (χ3v) is 4.44. The Bertz CT molecular complexity index is 515. The standard InChI is InChI=1S/C12H19ClN2O2S/c1-4-5-15-18(16,17)12-7-11(13)6-10(8-14-3)9(12)2/h6-7,14-15H,4-5,8H2,1-3H3. The molecule has 0 bridgehead atoms. The van der Waals surface area contributed by atoms with E-state index in [0.717, 1.165) is 17.5 Å². The van der Waals surface area contributed by atoms with Crippen LogP contribution in [0.4, 0.5) is 0 Å². The number of rotatable bonds is 6. The minimum absolute atomic E-state index is 0.258. The SMILES string of the molecule is CCCNS(=O)(=O)c1cc(Cl)cc(CNC)c1C. The van der Waals surface area contributed by atoms with Crippen LogP contribution in [0, 0.1) is 6.92 Å². The van der Waals surface area contributed by atoms with Crippen molar-refractivity contribution in [2.75, 3.05) is 13.6 Å². The van der Waals surface area contributed by atoms with Gasteiger partial charge in [0.15, 0.2) is 0 Å². The van der Waals surface area contributed by atoms with E-state index in [0.29, 0.717) is 18.1 Å². The van der Waals surface area contributed by atoms with E-state index in [1.807, 2.05) is 14.0 Å². The smallest absolute Gasteiger partial charge is 0.240 e. The molecule has 18 heavy (non-hydrogen) atoms. The van der Waals surface area contributed by atoms with Crippen molar-refractivity contribution in [1.82, 2.24) is 10.0 Å². The number of nitrogens with one attached hydrogen (secondary N) is 2. The van der Waals surface area contributed by atoms with Crippen LogP contribution in [0.2, 0.25) is 5.02 Å². The zero-order valence-electron chi connectivity index (χ0n) is 10.9. The Morgan fingerprint density at radius 2 is 2.00 bits per heavy atom. The first-order chi connectivity index (χ1) is 8.42. The van der Waals surface area contributed by atoms with Gasteiger partial charge in [-0.25, -0.2) is 13.1 Å². The van der Waals surface area contributed by atoms with E-state index >= 15 is 0 Å². The third-order valence-electron chi connectivity index (χ3n) is 2.63. The summed E-state index contributed by atoms with van der Waals surface area (Å²) >= 11 is 5.98. The Morgan fingerprint density at radius 1 is 1.33 bits per heavy atom. The average molecular weight is 291 g/mol. The molecule has 0 saturated carbocycles. The Hall–Kier alpha value is -0.620. The highest BCUT2D eigenvalue weighted by Crippen LogP contribution is 2.24. The first-order valence-electron chi connectivity index (χ1n) is 5.85. The van der Waals surface area contributed by atoms with Crippen LogP contribution in [-0.4, -0.2) is 22.0 Å². The van der Waals surface area contributed by atoms with Crippen molar-refractivity contribution in [3.05, 3.63) is 28.3 Å². The Balaban J connectivity index is 3.23. The van der Waals surface area contributed by atoms with Crippen molar-refractivity contribution < 1.29 is 8.42 Å². The molecule has 0 unspecified atom stereocenters. The molecule has 0 aromatic heterocycles. The van der Waals surface area contributed by atoms with Gasteiger partial charge >= 0.3 is 0 Å². The second-order valence-electron chi connectivity index (χ2n) is 4.12. The summed E-state index contributed by atoms with van der Waals surface area (Å²) in [7, 11) is -1.67. The van der Waals surface area contributed by atoms with Gasteiger partial charge in [0.2, 0.25) is 10.0 Å². The summed E-state index contributed by atoms with van der Waals surface area (Å²) in [6, 6.07) is 3.28. The molecule has 1 aromatic carbocycles. The van der Waals surface area contributed by atoms with Gasteiger partial charge in [-0.3, -0.25) is 0 Å². The van der Waals surface area contributed by atoms with Gasteiger partial charge in [-0.05, 0) is 43.7 Å². The quantitative estimate of drug-likeness (QED) is 0.843. The maximum Gasteiger partial charge on any atom is 0.240 e. The molecule has 0 aliphatic heterocycles. The van der Waals surface area contributed by atoms with Crippen LogP contribution >= 0.6 is 11.6 Å². The highest BCUT2D eigenvalue weighted by Gasteiger charge is 2.18. The molecule has 1 aromatic rings. The molecule has 0 saturated heterocycles. The van der Waals surface area contributed by atoms with Gasteiger partial charge in [-0.1, -0.05) is 18.5 Å². The summed E-state index contributed by atoms with van der Waals surface area (Å²) < 4.78 is 26.8. The molecular weight excluding hydrogens is 272 g/mol. The first-order valence-corrected chi connectivity index (χ1v) is 7.71. The minimum atomic E-state index is -3.48. The number of hydrogen-bond donors (Lipinski definition) is 2. The summed E-state index contributed by atoms with van der Waals surface area (Å²) in [5.41, 5.74) is 1.62. The summed E-state index contributed by atoms with van der Waals surface area (Å²) in [4.78, 5) is 0.258. The second-order valence-corrected chi connectivity index (χ2v) is 6.29. The van der Waals surface area contributed by atoms with Gasteiger partial charge in [-0.2, -0.15) is 0 Å². The van der Waals surface area contributed by atoms with Crippen LogP contribution < -0.4 is 10.0 Å². The normalized spacial score (nSPS) is 11.8. The van der Waals surface area contributed by atoms with Crippen molar-refractivity contribution in [3.8, 4) is 0 Å². The lowest BCUT2D eigenvalue weighted by Crippen LogP contribution is -2.25. The Morgan fingerprint density at radius 3 is 2.56 bits per heavy atom. The van der Waals surface area contributed by atoms with Gasteiger partial charge < -0.3 is 5.32 Å². The molecule has 0 aliphatic carbocycles. The van der Waals surface area contributed by atoms with E-state index < -0.39 is 10.0 Å². The highest BCUT2D eigenvalue weighted by atomic mass is 35.5. The van der Waals surface area contributed by atoms with E-state index in [1.165, 1.54) is 6.07 Å². The fourth-order valence-corrected chi connectivity index (χ4v) is 3.43. The van der Waals surface area contributed by atoms with E-state index in [1.54, 1.807) is 13.0 Å². The summed E-state index contributed by atoms with van der Waals surface area (Å²) in [5.74, 6) is 0. The molecule has 2 N–H and O–H groups in total. The summed E-state index contributed by atoms with van der Waals surface area (Å²) in [5, 5.41) is 3.43. The molecule has 1 rings (SSSR count). The summed E-state index contributed by atoms with van der Waals surface area (Å²) in [6.07, 6.45) is 0.752. The predicted molar refractivity (Wildman–Crippen MR) is 74.4 cm³/mol. The van der Waals surface area contributed by atoms with Gasteiger partial charge in [0, 0.05) is 18.1 Å². The number of halogens is 1. The Kier molecular flexibility index (Phi) is 5.59. The molecule has 102 valence electrons. The van der Waals surface area contributed by atoms with Crippen LogP contribution in [0.5, 0.6) is 0 Å². The number of benzene rings is 1. The molecule has 0 fully saturated rings. The molecule has 6 heteroatoms. The highest BCUT2D eigenvalue weighted by molar-refractivity contribution is 7.89. The van der Waals surface area contributed by atoms with Crippen molar-refractivity contribution >= 4 is 21.6 Å². The zero-order chi connectivity index (χ0) is 13.8. The van der Waals surface area contributed by atoms with Crippen molar-refractivity contribution in [1.29, 1.82) is 0 Å². The van der Waals surface area contributed by atoms with Crippen LogP contribution in [-0.2, 0) is 16.6 Å². The zero-order valence-corrected chi connectivity index (χ0v) is 12.5. The van der Waals surface area contributed by atoms with Crippen LogP contribution in [0.25, 0.3) is 0 Å². The van der Waals surface area contributed by atoms with Crippen LogP contribution in [0.15, 0.2) is 17.0 Å². The lowest BCUT2D eigenvalue weighted by Gasteiger charge is -2.13. The van der Waals surface area contributed by atoms with Gasteiger partial charge in [0.25, 0.3) is 0 Å². The van der Waals surface area contributed by atoms with E-state index in [9.17, 15) is 8.42 Å². The first kappa shape index (κ1) is 15.4. The summed E-state index contributed by atoms with van der Waals surface area (Å²) in [6.45, 7) is 4.72. The predicted octanol–water partition coefficient (Wildman–Crippen LogP) is 2.06. The van der Waals surface area contributed by atoms with Gasteiger partial charge in [0.05, 0.1) is 4.90 Å². The molecule has 0 amide bonds. The van der Waals surface area contributed by atoms with E-state index in [-0.39, 0.29) is 4.90 Å². The maximum absolute atomic E-state index is 12.1. The van der Waals surface area contributed by atoms with Gasteiger partial charge in [-0.15, -0.1) is 0 Å². The molecule has 0 spiro atoms. The van der Waals surface area contributed by atoms with E-state index in [2.05, 4.69) is 10.0 Å². The molecule has 0 heterocycles. The minimum Gasteiger partial charge on any atom is -0.316 e. The van der Waals surface area contributed by atoms with E-state index in [4.69, 9.17) is 11.6 Å². The molecule has 0 atom stereocenters. The molecule has 0 radical (unpaired) electrons. The fourth-order valence-electron chi connectivity index (χ4n) is 1.68. The van der Waals surface area contributed by atoms with Crippen molar-refractivity contribution in [3.63, 3.8) is 0 Å². The lowest BCUT2D eigenvalue weighted by molar-refractivity contribution is 0.580. The average Bonchev–Trinajstić information content (AvgIpc) is 2.31. The second kappa shape index (κ2) is 6.52. The third kappa shape index (κ3) is 3.68. The van der Waals surface area contributed by atoms with Crippen LogP contribution in [0.3, 0.4) is 0 Å². The lowest BCUT2D eigenvalue weighted by atomic mass is 10.1. The number of hydrogen-bond acceptors (Lipinski definition) is 3. The topological polar surface area (TPSA) is 58.2 Å². The molecule has 4 nitrogen and oxygen atoms in total. The monoisotopic (exact) mass is 290 g/mol. The Labute approximate surface area is 114 Å². The van der Waals surface area contributed by atoms with Crippen molar-refractivity contribution in [2.45, 2.75) is 31.7 Å². The van der Waals surface area contributed by atoms with Crippen LogP contribution in [0.1, 0.15) is 24.5 Å². The molecular formula is C12H19ClN2O2S. The van der Waals surface area contributed by atoms with Gasteiger partial charge in [0.1, 0.15) is 0 Å².